The topological polar surface area (TPSA) is 72.2 Å². The maximum atomic E-state index is 12.8. The van der Waals surface area contributed by atoms with Gasteiger partial charge in [-0.1, -0.05) is 11.6 Å². The van der Waals surface area contributed by atoms with Gasteiger partial charge in [-0.25, -0.2) is 0 Å². The van der Waals surface area contributed by atoms with E-state index in [2.05, 4.69) is 21.2 Å². The number of hydrogen-bond acceptors (Lipinski definition) is 4. The molecule has 5 nitrogen and oxygen atoms in total. The zero-order chi connectivity index (χ0) is 15.9. The summed E-state index contributed by atoms with van der Waals surface area (Å²) in [5.41, 5.74) is 2.26. The summed E-state index contributed by atoms with van der Waals surface area (Å²) in [5, 5.41) is 14.2. The lowest BCUT2D eigenvalue weighted by Crippen LogP contribution is -2.37. The number of allylic oxidation sites excluding steroid dienone is 6. The van der Waals surface area contributed by atoms with Crippen LogP contribution in [0.5, 0.6) is 0 Å². The average molecular weight is 384 g/mol. The molecule has 0 fully saturated rings. The summed E-state index contributed by atoms with van der Waals surface area (Å²) in [6, 6.07) is -0.397. The number of ketones is 1. The number of carbonyl (C=O) groups is 1. The SMILES string of the molecule is O=C1C2=C(C=C(Cl)C([N+](=O)[O-])=CC2)CCC2=CC(Br)=CNC12. The molecular weight excluding hydrogens is 372 g/mol. The van der Waals surface area contributed by atoms with Crippen molar-refractivity contribution in [2.24, 2.45) is 0 Å². The molecule has 0 saturated carbocycles. The zero-order valence-corrected chi connectivity index (χ0v) is 13.8. The van der Waals surface area contributed by atoms with E-state index in [1.54, 1.807) is 12.3 Å². The predicted octanol–water partition coefficient (Wildman–Crippen LogP) is 3.47. The van der Waals surface area contributed by atoms with E-state index < -0.39 is 11.0 Å². The van der Waals surface area contributed by atoms with Gasteiger partial charge in [0.05, 0.1) is 4.92 Å². The molecule has 1 aliphatic heterocycles. The summed E-state index contributed by atoms with van der Waals surface area (Å²) in [5.74, 6) is -0.0448. The average Bonchev–Trinajstić information content (AvgIpc) is 2.69. The number of nitrogens with one attached hydrogen (secondary N) is 1. The normalized spacial score (nSPS) is 24.6. The summed E-state index contributed by atoms with van der Waals surface area (Å²) in [6.45, 7) is 0. The lowest BCUT2D eigenvalue weighted by molar-refractivity contribution is -0.420. The Morgan fingerprint density at radius 2 is 2.14 bits per heavy atom. The van der Waals surface area contributed by atoms with Gasteiger partial charge in [0.1, 0.15) is 11.1 Å². The highest BCUT2D eigenvalue weighted by atomic mass is 79.9. The molecule has 1 N–H and O–H groups in total. The van der Waals surface area contributed by atoms with Crippen LogP contribution in [0.25, 0.3) is 0 Å². The highest BCUT2D eigenvalue weighted by molar-refractivity contribution is 9.11. The number of hydrogen-bond donors (Lipinski definition) is 1. The van der Waals surface area contributed by atoms with E-state index in [4.69, 9.17) is 11.6 Å². The van der Waals surface area contributed by atoms with Crippen LogP contribution < -0.4 is 5.32 Å². The molecule has 0 bridgehead atoms. The number of dihydropyridines is 1. The Bertz CT molecular complexity index is 731. The van der Waals surface area contributed by atoms with Crippen LogP contribution in [0.2, 0.25) is 0 Å². The van der Waals surface area contributed by atoms with Crippen molar-refractivity contribution >= 4 is 33.3 Å². The molecule has 2 aliphatic carbocycles. The van der Waals surface area contributed by atoms with Crippen molar-refractivity contribution in [2.45, 2.75) is 25.3 Å². The van der Waals surface area contributed by atoms with Crippen LogP contribution in [-0.4, -0.2) is 16.7 Å². The Morgan fingerprint density at radius 3 is 2.86 bits per heavy atom. The molecule has 22 heavy (non-hydrogen) atoms. The van der Waals surface area contributed by atoms with E-state index in [9.17, 15) is 14.9 Å². The van der Waals surface area contributed by atoms with Gasteiger partial charge in [-0.3, -0.25) is 14.9 Å². The molecule has 0 aromatic rings. The van der Waals surface area contributed by atoms with Crippen LogP contribution in [0.4, 0.5) is 0 Å². The summed E-state index contributed by atoms with van der Waals surface area (Å²) in [4.78, 5) is 23.3. The van der Waals surface area contributed by atoms with Gasteiger partial charge < -0.3 is 5.32 Å². The van der Waals surface area contributed by atoms with Gasteiger partial charge in [0.25, 0.3) is 5.70 Å². The van der Waals surface area contributed by atoms with E-state index in [-0.39, 0.29) is 22.9 Å². The number of Topliss-reactive ketones (excluding diaryl/α,β-unsaturated/α-hetero) is 1. The fourth-order valence-corrected chi connectivity index (χ4v) is 3.57. The van der Waals surface area contributed by atoms with E-state index in [0.717, 1.165) is 15.6 Å². The minimum Gasteiger partial charge on any atom is -0.377 e. The van der Waals surface area contributed by atoms with E-state index >= 15 is 0 Å². The minimum absolute atomic E-state index is 0.0448. The molecule has 0 spiro atoms. The first-order valence-electron chi connectivity index (χ1n) is 6.78. The van der Waals surface area contributed by atoms with Gasteiger partial charge >= 0.3 is 0 Å². The van der Waals surface area contributed by atoms with Crippen molar-refractivity contribution < 1.29 is 9.72 Å². The molecule has 0 aromatic carbocycles. The molecule has 0 amide bonds. The molecule has 114 valence electrons. The maximum Gasteiger partial charge on any atom is 0.284 e. The van der Waals surface area contributed by atoms with Gasteiger partial charge in [-0.15, -0.1) is 0 Å². The molecule has 3 rings (SSSR count). The molecule has 7 heteroatoms. The highest BCUT2D eigenvalue weighted by Gasteiger charge is 2.33. The first-order chi connectivity index (χ1) is 10.5. The van der Waals surface area contributed by atoms with Crippen molar-refractivity contribution in [3.8, 4) is 0 Å². The van der Waals surface area contributed by atoms with Crippen LogP contribution >= 0.6 is 27.5 Å². The number of nitro groups is 1. The van der Waals surface area contributed by atoms with Crippen LogP contribution in [0, 0.1) is 10.1 Å². The Labute approximate surface area is 140 Å². The summed E-state index contributed by atoms with van der Waals surface area (Å²) in [7, 11) is 0. The molecule has 0 saturated heterocycles. The molecule has 0 aromatic heterocycles. The Balaban J connectivity index is 2.00. The van der Waals surface area contributed by atoms with Gasteiger partial charge in [0.2, 0.25) is 0 Å². The zero-order valence-electron chi connectivity index (χ0n) is 11.4. The molecular formula is C15H12BrClN2O3. The Morgan fingerprint density at radius 1 is 1.36 bits per heavy atom. The lowest BCUT2D eigenvalue weighted by atomic mass is 9.95. The molecule has 0 radical (unpaired) electrons. The summed E-state index contributed by atoms with van der Waals surface area (Å²) >= 11 is 9.43. The smallest absolute Gasteiger partial charge is 0.284 e. The van der Waals surface area contributed by atoms with Gasteiger partial charge in [-0.2, -0.15) is 0 Å². The highest BCUT2D eigenvalue weighted by Crippen LogP contribution is 2.35. The second-order valence-corrected chi connectivity index (χ2v) is 6.58. The number of fused-ring (bicyclic) bond motifs is 1. The maximum absolute atomic E-state index is 12.8. The van der Waals surface area contributed by atoms with Crippen molar-refractivity contribution in [3.63, 3.8) is 0 Å². The van der Waals surface area contributed by atoms with Crippen molar-refractivity contribution in [1.82, 2.24) is 5.32 Å². The molecule has 1 atom stereocenters. The predicted molar refractivity (Wildman–Crippen MR) is 86.9 cm³/mol. The van der Waals surface area contributed by atoms with Gasteiger partial charge in [0.15, 0.2) is 5.78 Å². The molecule has 3 aliphatic rings. The number of nitrogens with zero attached hydrogens (tertiary/aromatic N) is 1. The summed E-state index contributed by atoms with van der Waals surface area (Å²) in [6.07, 6.45) is 8.26. The van der Waals surface area contributed by atoms with E-state index in [1.165, 1.54) is 6.08 Å². The summed E-state index contributed by atoms with van der Waals surface area (Å²) < 4.78 is 0.896. The third kappa shape index (κ3) is 2.68. The third-order valence-corrected chi connectivity index (χ3v) is 4.71. The first kappa shape index (κ1) is 15.2. The number of carbonyl (C=O) groups excluding carboxylic acids is 1. The number of halogens is 2. The lowest BCUT2D eigenvalue weighted by Gasteiger charge is -2.22. The molecule has 1 heterocycles. The first-order valence-corrected chi connectivity index (χ1v) is 7.95. The fraction of sp³-hybridized carbons (Fsp3) is 0.267. The Kier molecular flexibility index (Phi) is 4.06. The van der Waals surface area contributed by atoms with Crippen molar-refractivity contribution in [2.75, 3.05) is 0 Å². The number of rotatable bonds is 1. The minimum atomic E-state index is -0.514. The second-order valence-electron chi connectivity index (χ2n) is 5.26. The standard InChI is InChI=1S/C15H12BrClN2O3/c16-10-5-9-2-1-8-6-12(17)13(19(21)22)4-3-11(8)15(20)14(9)18-7-10/h4-7,14,18H,1-3H2. The fourth-order valence-electron chi connectivity index (χ4n) is 2.87. The Hall–Kier alpha value is -1.66. The largest absolute Gasteiger partial charge is 0.377 e. The van der Waals surface area contributed by atoms with E-state index in [0.29, 0.717) is 18.4 Å². The third-order valence-electron chi connectivity index (χ3n) is 3.95. The quantitative estimate of drug-likeness (QED) is 0.556. The molecule has 1 unspecified atom stereocenters. The van der Waals surface area contributed by atoms with Crippen molar-refractivity contribution in [3.05, 3.63) is 66.5 Å². The van der Waals surface area contributed by atoms with Gasteiger partial charge in [0, 0.05) is 22.7 Å². The second kappa shape index (κ2) is 5.85. The van der Waals surface area contributed by atoms with Crippen LogP contribution in [0.15, 0.2) is 56.4 Å². The van der Waals surface area contributed by atoms with E-state index in [1.807, 2.05) is 6.08 Å². The monoisotopic (exact) mass is 382 g/mol. The van der Waals surface area contributed by atoms with Crippen molar-refractivity contribution in [1.29, 1.82) is 0 Å². The van der Waals surface area contributed by atoms with Crippen LogP contribution in [0.3, 0.4) is 0 Å². The van der Waals surface area contributed by atoms with Gasteiger partial charge in [-0.05, 0) is 58.1 Å². The van der Waals surface area contributed by atoms with Crippen LogP contribution in [-0.2, 0) is 4.79 Å². The van der Waals surface area contributed by atoms with Crippen LogP contribution in [0.1, 0.15) is 19.3 Å².